The molecule has 33 heavy (non-hydrogen) atoms. The van der Waals surface area contributed by atoms with Crippen molar-refractivity contribution in [1.29, 1.82) is 5.26 Å². The second-order valence-electron chi connectivity index (χ2n) is 8.84. The first-order valence-electron chi connectivity index (χ1n) is 11.4. The second kappa shape index (κ2) is 8.45. The fourth-order valence-corrected chi connectivity index (χ4v) is 5.19. The maximum atomic E-state index is 15.1. The Morgan fingerprint density at radius 1 is 1.27 bits per heavy atom. The molecule has 1 saturated heterocycles. The van der Waals surface area contributed by atoms with Crippen molar-refractivity contribution in [3.8, 4) is 28.3 Å². The summed E-state index contributed by atoms with van der Waals surface area (Å²) < 4.78 is 15.1. The van der Waals surface area contributed by atoms with E-state index in [1.165, 1.54) is 0 Å². The third kappa shape index (κ3) is 3.51. The number of benzene rings is 1. The number of fused-ring (bicyclic) bond motifs is 3. The van der Waals surface area contributed by atoms with Crippen LogP contribution in [0.4, 0.5) is 15.8 Å². The predicted molar refractivity (Wildman–Crippen MR) is 129 cm³/mol. The Kier molecular flexibility index (Phi) is 5.47. The molecule has 5 rings (SSSR count). The maximum absolute atomic E-state index is 15.1. The van der Waals surface area contributed by atoms with E-state index in [0.29, 0.717) is 36.6 Å². The van der Waals surface area contributed by atoms with Gasteiger partial charge in [0.15, 0.2) is 0 Å². The summed E-state index contributed by atoms with van der Waals surface area (Å²) >= 11 is 0. The molecule has 6 nitrogen and oxygen atoms in total. The van der Waals surface area contributed by atoms with Crippen molar-refractivity contribution in [2.75, 3.05) is 36.4 Å². The number of nitrogens with two attached hydrogens (primary N) is 1. The van der Waals surface area contributed by atoms with Crippen LogP contribution in [-0.4, -0.2) is 36.1 Å². The number of nitrogens with zero attached hydrogens (tertiary/aromatic N) is 4. The Balaban J connectivity index is 1.79. The van der Waals surface area contributed by atoms with E-state index in [-0.39, 0.29) is 5.82 Å². The van der Waals surface area contributed by atoms with Gasteiger partial charge in [-0.2, -0.15) is 5.26 Å². The quantitative estimate of drug-likeness (QED) is 0.480. The first-order chi connectivity index (χ1) is 16.0. The van der Waals surface area contributed by atoms with E-state index in [4.69, 9.17) is 10.7 Å². The van der Waals surface area contributed by atoms with Crippen molar-refractivity contribution in [3.05, 3.63) is 58.9 Å². The van der Waals surface area contributed by atoms with Gasteiger partial charge in [-0.15, -0.1) is 0 Å². The van der Waals surface area contributed by atoms with Crippen LogP contribution in [0.15, 0.2) is 30.7 Å². The van der Waals surface area contributed by atoms with Crippen LogP contribution in [-0.2, 0) is 6.42 Å². The van der Waals surface area contributed by atoms with Crippen LogP contribution >= 0.6 is 0 Å². The zero-order valence-corrected chi connectivity index (χ0v) is 19.0. The van der Waals surface area contributed by atoms with Gasteiger partial charge in [-0.3, -0.25) is 9.97 Å². The lowest BCUT2D eigenvalue weighted by Crippen LogP contribution is -2.24. The molecule has 3 N–H and O–H groups in total. The maximum Gasteiger partial charge on any atom is 0.128 e. The van der Waals surface area contributed by atoms with Crippen LogP contribution < -0.4 is 16.0 Å². The molecule has 2 aliphatic rings. The molecule has 1 aliphatic carbocycles. The van der Waals surface area contributed by atoms with E-state index in [9.17, 15) is 5.26 Å². The Hall–Kier alpha value is -3.50. The predicted octanol–water partition coefficient (Wildman–Crippen LogP) is 4.25. The molecule has 1 aromatic carbocycles. The molecule has 1 atom stereocenters. The lowest BCUT2D eigenvalue weighted by molar-refractivity contribution is 0.603. The summed E-state index contributed by atoms with van der Waals surface area (Å²) in [6.07, 6.45) is 6.88. The number of halogens is 1. The monoisotopic (exact) mass is 442 g/mol. The molecule has 0 spiro atoms. The molecule has 7 heteroatoms. The van der Waals surface area contributed by atoms with Gasteiger partial charge in [-0.1, -0.05) is 0 Å². The van der Waals surface area contributed by atoms with Gasteiger partial charge in [0.1, 0.15) is 11.9 Å². The molecule has 1 unspecified atom stereocenters. The summed E-state index contributed by atoms with van der Waals surface area (Å²) in [7, 11) is 0. The SMILES string of the molecule is CCNc1cc(F)c(C)c2c1Cc1ncc(-c3cncc(C#N)c3)c(N3CCC(CN)C3)c1-2. The Bertz CT molecular complexity index is 1280. The standard InChI is InChI=1S/C26H27FN6/c1-3-31-22-8-21(27)15(2)24-19(22)7-23-25(24)26(33-5-4-16(9-28)14-33)20(13-32-23)18-6-17(10-29)11-30-12-18/h6,8,11-13,16,31H,3-5,7,9,14,28H2,1-2H3. The van der Waals surface area contributed by atoms with E-state index < -0.39 is 0 Å². The lowest BCUT2D eigenvalue weighted by atomic mass is 9.94. The molecule has 0 saturated carbocycles. The van der Waals surface area contributed by atoms with E-state index in [1.54, 1.807) is 18.5 Å². The largest absolute Gasteiger partial charge is 0.385 e. The molecule has 3 heterocycles. The number of aromatic nitrogens is 2. The Labute approximate surface area is 193 Å². The average Bonchev–Trinajstić information content (AvgIpc) is 3.47. The van der Waals surface area contributed by atoms with Crippen molar-refractivity contribution in [2.24, 2.45) is 11.7 Å². The Morgan fingerprint density at radius 2 is 2.12 bits per heavy atom. The van der Waals surface area contributed by atoms with Crippen LogP contribution in [0.5, 0.6) is 0 Å². The molecular weight excluding hydrogens is 415 g/mol. The van der Waals surface area contributed by atoms with Gasteiger partial charge in [0, 0.05) is 67.0 Å². The van der Waals surface area contributed by atoms with Crippen molar-refractivity contribution in [2.45, 2.75) is 26.7 Å². The second-order valence-corrected chi connectivity index (χ2v) is 8.84. The highest BCUT2D eigenvalue weighted by Gasteiger charge is 2.34. The average molecular weight is 443 g/mol. The molecule has 0 amide bonds. The van der Waals surface area contributed by atoms with Crippen LogP contribution in [0.1, 0.15) is 35.7 Å². The van der Waals surface area contributed by atoms with Gasteiger partial charge in [0.05, 0.1) is 16.9 Å². The summed E-state index contributed by atoms with van der Waals surface area (Å²) in [6, 6.07) is 5.62. The van der Waals surface area contributed by atoms with Crippen LogP contribution in [0.25, 0.3) is 22.3 Å². The molecule has 2 aromatic heterocycles. The zero-order chi connectivity index (χ0) is 23.1. The van der Waals surface area contributed by atoms with Gasteiger partial charge in [0.25, 0.3) is 0 Å². The highest BCUT2D eigenvalue weighted by atomic mass is 19.1. The molecule has 1 fully saturated rings. The summed E-state index contributed by atoms with van der Waals surface area (Å²) in [5.74, 6) is 0.195. The van der Waals surface area contributed by atoms with Gasteiger partial charge >= 0.3 is 0 Å². The molecule has 3 aromatic rings. The van der Waals surface area contributed by atoms with E-state index >= 15 is 4.39 Å². The van der Waals surface area contributed by atoms with Crippen molar-refractivity contribution in [3.63, 3.8) is 0 Å². The zero-order valence-electron chi connectivity index (χ0n) is 19.0. The fourth-order valence-electron chi connectivity index (χ4n) is 5.19. The highest BCUT2D eigenvalue weighted by Crippen LogP contribution is 2.50. The minimum atomic E-state index is -0.219. The molecular formula is C26H27FN6. The Morgan fingerprint density at radius 3 is 2.85 bits per heavy atom. The fraction of sp³-hybridized carbons (Fsp3) is 0.346. The molecule has 0 bridgehead atoms. The highest BCUT2D eigenvalue weighted by molar-refractivity contribution is 5.97. The summed E-state index contributed by atoms with van der Waals surface area (Å²) in [5, 5.41) is 12.7. The van der Waals surface area contributed by atoms with Gasteiger partial charge in [-0.25, -0.2) is 4.39 Å². The first-order valence-corrected chi connectivity index (χ1v) is 11.4. The number of pyridine rings is 2. The van der Waals surface area contributed by atoms with Gasteiger partial charge in [0.2, 0.25) is 0 Å². The van der Waals surface area contributed by atoms with Crippen molar-refractivity contribution < 1.29 is 4.39 Å². The van der Waals surface area contributed by atoms with Crippen molar-refractivity contribution in [1.82, 2.24) is 9.97 Å². The number of rotatable bonds is 5. The lowest BCUT2D eigenvalue weighted by Gasteiger charge is -2.26. The van der Waals surface area contributed by atoms with E-state index in [1.807, 2.05) is 26.1 Å². The minimum Gasteiger partial charge on any atom is -0.385 e. The molecule has 0 radical (unpaired) electrons. The number of nitriles is 1. The molecule has 168 valence electrons. The van der Waals surface area contributed by atoms with Crippen LogP contribution in [0.3, 0.4) is 0 Å². The van der Waals surface area contributed by atoms with Crippen LogP contribution in [0.2, 0.25) is 0 Å². The summed E-state index contributed by atoms with van der Waals surface area (Å²) in [4.78, 5) is 11.5. The third-order valence-corrected chi connectivity index (χ3v) is 6.84. The first kappa shape index (κ1) is 21.4. The number of nitrogens with one attached hydrogen (secondary N) is 1. The normalized spacial score (nSPS) is 16.5. The minimum absolute atomic E-state index is 0.219. The third-order valence-electron chi connectivity index (χ3n) is 6.84. The number of hydrogen-bond acceptors (Lipinski definition) is 6. The van der Waals surface area contributed by atoms with Crippen molar-refractivity contribution >= 4 is 11.4 Å². The molecule has 1 aliphatic heterocycles. The summed E-state index contributed by atoms with van der Waals surface area (Å²) in [6.45, 7) is 6.93. The van der Waals surface area contributed by atoms with Gasteiger partial charge < -0.3 is 16.0 Å². The summed E-state index contributed by atoms with van der Waals surface area (Å²) in [5.41, 5.74) is 14.8. The van der Waals surface area contributed by atoms with E-state index in [2.05, 4.69) is 21.3 Å². The number of anilines is 2. The van der Waals surface area contributed by atoms with E-state index in [0.717, 1.165) is 64.4 Å². The van der Waals surface area contributed by atoms with Gasteiger partial charge in [-0.05, 0) is 61.6 Å². The smallest absolute Gasteiger partial charge is 0.128 e. The van der Waals surface area contributed by atoms with Crippen LogP contribution in [0, 0.1) is 30.0 Å². The topological polar surface area (TPSA) is 90.9 Å². The number of hydrogen-bond donors (Lipinski definition) is 2.